The van der Waals surface area contributed by atoms with Crippen LogP contribution in [0.5, 0.6) is 0 Å². The van der Waals surface area contributed by atoms with Crippen molar-refractivity contribution in [3.8, 4) is 0 Å². The lowest BCUT2D eigenvalue weighted by Gasteiger charge is -2.25. The highest BCUT2D eigenvalue weighted by Crippen LogP contribution is 2.18. The minimum absolute atomic E-state index is 0.0420. The highest BCUT2D eigenvalue weighted by atomic mass is 16.5. The van der Waals surface area contributed by atoms with Crippen LogP contribution in [0.15, 0.2) is 72.8 Å². The second-order valence-electron chi connectivity index (χ2n) is 12.4. The number of hydrogen-bond acceptors (Lipinski definition) is 12. The van der Waals surface area contributed by atoms with Crippen LogP contribution in [0.25, 0.3) is 12.2 Å². The molecule has 0 aliphatic heterocycles. The minimum atomic E-state index is -2.95. The number of nitrogens with zero attached hydrogens (tertiary/aromatic N) is 2. The quantitative estimate of drug-likeness (QED) is 0.0312. The minimum Gasteiger partial charge on any atom is -0.479 e. The Bertz CT molecular complexity index is 1540. The van der Waals surface area contributed by atoms with Gasteiger partial charge in [0.15, 0.2) is 5.60 Å². The Hall–Kier alpha value is -5.91. The van der Waals surface area contributed by atoms with Crippen molar-refractivity contribution in [3.05, 3.63) is 83.9 Å². The molecular formula is C38H48N4O13. The van der Waals surface area contributed by atoms with Crippen LogP contribution in [0.4, 0.5) is 0 Å². The Morgan fingerprint density at radius 3 is 1.35 bits per heavy atom. The van der Waals surface area contributed by atoms with Gasteiger partial charge in [-0.25, -0.2) is 24.5 Å². The average Bonchev–Trinajstić information content (AvgIpc) is 3.17. The Labute approximate surface area is 318 Å². The molecule has 0 aromatic heterocycles. The largest absolute Gasteiger partial charge is 0.479 e. The van der Waals surface area contributed by atoms with Gasteiger partial charge in [-0.15, -0.1) is 0 Å². The molecule has 0 bridgehead atoms. The van der Waals surface area contributed by atoms with Gasteiger partial charge in [0.05, 0.1) is 27.1 Å². The smallest absolute Gasteiger partial charge is 0.336 e. The number of methoxy groups -OCH3 is 2. The second kappa shape index (κ2) is 23.7. The van der Waals surface area contributed by atoms with Gasteiger partial charge in [-0.3, -0.25) is 29.6 Å². The molecule has 298 valence electrons. The number of aliphatic hydroxyl groups is 1. The molecule has 2 aromatic rings. The fourth-order valence-corrected chi connectivity index (χ4v) is 5.09. The number of benzene rings is 2. The van der Waals surface area contributed by atoms with E-state index in [1.54, 1.807) is 48.5 Å². The van der Waals surface area contributed by atoms with Crippen molar-refractivity contribution >= 4 is 53.7 Å². The summed E-state index contributed by atoms with van der Waals surface area (Å²) >= 11 is 0. The first-order valence-corrected chi connectivity index (χ1v) is 17.4. The first-order chi connectivity index (χ1) is 26.2. The summed E-state index contributed by atoms with van der Waals surface area (Å²) in [5, 5.41) is 46.3. The molecule has 0 heterocycles. The van der Waals surface area contributed by atoms with Crippen LogP contribution in [0.2, 0.25) is 0 Å². The number of ether oxygens (including phenoxy) is 2. The van der Waals surface area contributed by atoms with E-state index in [1.165, 1.54) is 24.3 Å². The van der Waals surface area contributed by atoms with Crippen LogP contribution in [0.1, 0.15) is 62.5 Å². The van der Waals surface area contributed by atoms with Crippen LogP contribution in [0.3, 0.4) is 0 Å². The fourth-order valence-electron chi connectivity index (χ4n) is 5.09. The predicted octanol–water partition coefficient (Wildman–Crippen LogP) is 2.10. The van der Waals surface area contributed by atoms with Crippen molar-refractivity contribution in [2.24, 2.45) is 0 Å². The molecule has 2 atom stereocenters. The average molecular weight is 769 g/mol. The van der Waals surface area contributed by atoms with E-state index >= 15 is 0 Å². The van der Waals surface area contributed by atoms with Gasteiger partial charge in [-0.1, -0.05) is 60.7 Å². The third-order valence-electron chi connectivity index (χ3n) is 8.12. The fraction of sp³-hybridized carbons (Fsp3) is 0.395. The molecule has 0 aliphatic carbocycles. The standard InChI is InChI=1S/C38H48N4O13/c1-54-35(47)29(17-9-11-23-41(52)33(45)21-19-27-13-5-3-6-14-27)39-31(43)25-38(51,37(49)50)26-32(44)40-30(36(48)55-2)18-10-12-24-42(53)34(46)22-20-28-15-7-4-8-16-28/h3-8,13-16,19-22,29-30,51-53H,9-12,17-18,23-26H2,1-2H3,(H,39,43)(H,40,44)(H,49,50)/t29-,30-,38?/m0/s1. The van der Waals surface area contributed by atoms with Crippen molar-refractivity contribution < 1.29 is 63.7 Å². The summed E-state index contributed by atoms with van der Waals surface area (Å²) in [6.45, 7) is -0.209. The molecular weight excluding hydrogens is 720 g/mol. The Morgan fingerprint density at radius 2 is 1.02 bits per heavy atom. The van der Waals surface area contributed by atoms with Crippen molar-refractivity contribution in [3.63, 3.8) is 0 Å². The number of nitrogens with one attached hydrogen (secondary N) is 2. The first kappa shape index (κ1) is 45.2. The zero-order valence-corrected chi connectivity index (χ0v) is 30.7. The number of esters is 2. The maximum Gasteiger partial charge on any atom is 0.336 e. The van der Waals surface area contributed by atoms with Crippen LogP contribution in [-0.4, -0.2) is 117 Å². The Morgan fingerprint density at radius 1 is 0.655 bits per heavy atom. The van der Waals surface area contributed by atoms with Crippen LogP contribution < -0.4 is 10.6 Å². The summed E-state index contributed by atoms with van der Waals surface area (Å²) in [6.07, 6.45) is 3.85. The van der Waals surface area contributed by atoms with E-state index < -0.39 is 72.1 Å². The summed E-state index contributed by atoms with van der Waals surface area (Å²) in [4.78, 5) is 86.9. The normalized spacial score (nSPS) is 13.3. The number of hydrogen-bond donors (Lipinski definition) is 6. The van der Waals surface area contributed by atoms with E-state index in [-0.39, 0.29) is 51.6 Å². The number of hydroxylamine groups is 4. The maximum atomic E-state index is 12.9. The molecule has 17 nitrogen and oxygen atoms in total. The van der Waals surface area contributed by atoms with Crippen LogP contribution >= 0.6 is 0 Å². The van der Waals surface area contributed by atoms with Gasteiger partial charge in [0, 0.05) is 25.2 Å². The lowest BCUT2D eigenvalue weighted by Crippen LogP contribution is -2.51. The van der Waals surface area contributed by atoms with Gasteiger partial charge in [-0.05, 0) is 61.8 Å². The molecule has 4 amide bonds. The lowest BCUT2D eigenvalue weighted by molar-refractivity contribution is -0.165. The third-order valence-corrected chi connectivity index (χ3v) is 8.12. The second-order valence-corrected chi connectivity index (χ2v) is 12.4. The number of amides is 4. The Kier molecular flexibility index (Phi) is 19.5. The lowest BCUT2D eigenvalue weighted by atomic mass is 9.94. The van der Waals surface area contributed by atoms with Gasteiger partial charge in [0.2, 0.25) is 11.8 Å². The summed E-state index contributed by atoms with van der Waals surface area (Å²) in [7, 11) is 2.13. The highest BCUT2D eigenvalue weighted by Gasteiger charge is 2.42. The molecule has 0 aliphatic rings. The maximum absolute atomic E-state index is 12.9. The molecule has 2 aromatic carbocycles. The summed E-state index contributed by atoms with van der Waals surface area (Å²) < 4.78 is 9.43. The molecule has 2 rings (SSSR count). The van der Waals surface area contributed by atoms with Crippen molar-refractivity contribution in [1.82, 2.24) is 20.8 Å². The summed E-state index contributed by atoms with van der Waals surface area (Å²) in [5.41, 5.74) is -1.45. The van der Waals surface area contributed by atoms with E-state index in [4.69, 9.17) is 9.47 Å². The predicted molar refractivity (Wildman–Crippen MR) is 195 cm³/mol. The number of aliphatic carboxylic acids is 1. The molecule has 0 spiro atoms. The zero-order valence-electron chi connectivity index (χ0n) is 30.7. The van der Waals surface area contributed by atoms with E-state index in [2.05, 4.69) is 10.6 Å². The molecule has 55 heavy (non-hydrogen) atoms. The van der Waals surface area contributed by atoms with Crippen molar-refractivity contribution in [2.45, 2.75) is 69.1 Å². The molecule has 0 saturated carbocycles. The Balaban J connectivity index is 1.89. The van der Waals surface area contributed by atoms with Gasteiger partial charge < -0.3 is 30.3 Å². The monoisotopic (exact) mass is 768 g/mol. The summed E-state index contributed by atoms with van der Waals surface area (Å²) in [5.74, 6) is -7.26. The van der Waals surface area contributed by atoms with Gasteiger partial charge in [-0.2, -0.15) is 0 Å². The van der Waals surface area contributed by atoms with Gasteiger partial charge >= 0.3 is 17.9 Å². The molecule has 0 radical (unpaired) electrons. The molecule has 0 saturated heterocycles. The number of unbranched alkanes of at least 4 members (excludes halogenated alkanes) is 2. The van der Waals surface area contributed by atoms with Gasteiger partial charge in [0.25, 0.3) is 11.8 Å². The topological polar surface area (TPSA) is 249 Å². The summed E-state index contributed by atoms with van der Waals surface area (Å²) in [6, 6.07) is 15.3. The highest BCUT2D eigenvalue weighted by molar-refractivity contribution is 5.94. The number of carboxylic acids is 1. The molecule has 6 N–H and O–H groups in total. The molecule has 0 fully saturated rings. The zero-order chi connectivity index (χ0) is 40.8. The van der Waals surface area contributed by atoms with E-state index in [0.29, 0.717) is 10.1 Å². The molecule has 0 unspecified atom stereocenters. The van der Waals surface area contributed by atoms with Crippen LogP contribution in [-0.2, 0) is 43.0 Å². The third kappa shape index (κ3) is 16.8. The van der Waals surface area contributed by atoms with E-state index in [0.717, 1.165) is 25.3 Å². The van der Waals surface area contributed by atoms with Crippen molar-refractivity contribution in [2.75, 3.05) is 27.3 Å². The van der Waals surface area contributed by atoms with E-state index in [1.807, 2.05) is 12.1 Å². The SMILES string of the molecule is COC(=O)[C@H](CCCCN(O)C(=O)C=Cc1ccccc1)NC(=O)CC(O)(CC(=O)N[C@@H](CCCCN(O)C(=O)C=Cc1ccccc1)C(=O)OC)C(=O)O. The van der Waals surface area contributed by atoms with E-state index in [9.17, 15) is 54.2 Å². The van der Waals surface area contributed by atoms with Crippen LogP contribution in [0, 0.1) is 0 Å². The number of rotatable bonds is 23. The number of carbonyl (C=O) groups excluding carboxylic acids is 6. The van der Waals surface area contributed by atoms with Gasteiger partial charge in [0.1, 0.15) is 12.1 Å². The number of carbonyl (C=O) groups is 7. The molecule has 17 heteroatoms. The number of carboxylic acid groups (broad SMARTS) is 1. The first-order valence-electron chi connectivity index (χ1n) is 17.4. The van der Waals surface area contributed by atoms with Crippen molar-refractivity contribution in [1.29, 1.82) is 0 Å².